The first-order chi connectivity index (χ1) is 9.43. The van der Waals surface area contributed by atoms with Gasteiger partial charge in [0.1, 0.15) is 10.9 Å². The van der Waals surface area contributed by atoms with Crippen molar-refractivity contribution < 1.29 is 18.0 Å². The van der Waals surface area contributed by atoms with Crippen LogP contribution in [-0.4, -0.2) is 10.9 Å². The van der Waals surface area contributed by atoms with Crippen molar-refractivity contribution in [1.82, 2.24) is 4.98 Å². The van der Waals surface area contributed by atoms with Crippen LogP contribution in [0.15, 0.2) is 29.8 Å². The van der Waals surface area contributed by atoms with Gasteiger partial charge in [-0.25, -0.2) is 4.98 Å². The number of rotatable bonds is 2. The van der Waals surface area contributed by atoms with Crippen LogP contribution in [-0.2, 0) is 6.18 Å². The van der Waals surface area contributed by atoms with Crippen molar-refractivity contribution in [2.75, 3.05) is 5.32 Å². The SMILES string of the molecule is N#Cc1ccccc1NC(=O)c1scnc1C(F)(F)F. The van der Waals surface area contributed by atoms with E-state index in [9.17, 15) is 18.0 Å². The number of carbonyl (C=O) groups excluding carboxylic acids is 1. The lowest BCUT2D eigenvalue weighted by molar-refractivity contribution is -0.141. The highest BCUT2D eigenvalue weighted by atomic mass is 32.1. The molecule has 0 aliphatic rings. The summed E-state index contributed by atoms with van der Waals surface area (Å²) >= 11 is 0.591. The Morgan fingerprint density at radius 3 is 2.70 bits per heavy atom. The Balaban J connectivity index is 2.30. The molecule has 0 spiro atoms. The van der Waals surface area contributed by atoms with E-state index in [1.807, 2.05) is 6.07 Å². The summed E-state index contributed by atoms with van der Waals surface area (Å²) in [6.45, 7) is 0. The van der Waals surface area contributed by atoms with Crippen LogP contribution in [0.2, 0.25) is 0 Å². The van der Waals surface area contributed by atoms with Gasteiger partial charge in [0.25, 0.3) is 5.91 Å². The fraction of sp³-hybridized carbons (Fsp3) is 0.0833. The lowest BCUT2D eigenvalue weighted by Crippen LogP contribution is -2.17. The van der Waals surface area contributed by atoms with Crippen molar-refractivity contribution >= 4 is 22.9 Å². The molecule has 102 valence electrons. The molecule has 8 heteroatoms. The number of nitriles is 1. The maximum atomic E-state index is 12.6. The predicted molar refractivity (Wildman–Crippen MR) is 66.2 cm³/mol. The van der Waals surface area contributed by atoms with E-state index >= 15 is 0 Å². The van der Waals surface area contributed by atoms with E-state index < -0.39 is 22.7 Å². The molecule has 0 radical (unpaired) electrons. The average molecular weight is 297 g/mol. The van der Waals surface area contributed by atoms with E-state index in [1.165, 1.54) is 12.1 Å². The van der Waals surface area contributed by atoms with E-state index in [-0.39, 0.29) is 11.3 Å². The van der Waals surface area contributed by atoms with Crippen LogP contribution < -0.4 is 5.32 Å². The molecule has 4 nitrogen and oxygen atoms in total. The van der Waals surface area contributed by atoms with Gasteiger partial charge in [-0.2, -0.15) is 18.4 Å². The summed E-state index contributed by atoms with van der Waals surface area (Å²) in [7, 11) is 0. The second kappa shape index (κ2) is 5.30. The number of halogens is 3. The van der Waals surface area contributed by atoms with Gasteiger partial charge in [-0.3, -0.25) is 4.79 Å². The molecule has 1 aromatic heterocycles. The van der Waals surface area contributed by atoms with Crippen LogP contribution in [0.25, 0.3) is 0 Å². The Hall–Kier alpha value is -2.40. The molecule has 0 aliphatic carbocycles. The minimum atomic E-state index is -4.69. The van der Waals surface area contributed by atoms with E-state index in [2.05, 4.69) is 10.3 Å². The molecule has 1 N–H and O–H groups in total. The monoisotopic (exact) mass is 297 g/mol. The molecule has 0 saturated carbocycles. The standard InChI is InChI=1S/C12H6F3N3OS/c13-12(14,15)10-9(20-6-17-10)11(19)18-8-4-2-1-3-7(8)5-16/h1-4,6H,(H,18,19). The quantitative estimate of drug-likeness (QED) is 0.925. The van der Waals surface area contributed by atoms with Crippen LogP contribution in [0.3, 0.4) is 0 Å². The number of benzene rings is 1. The van der Waals surface area contributed by atoms with Crippen molar-refractivity contribution in [1.29, 1.82) is 5.26 Å². The minimum absolute atomic E-state index is 0.154. The van der Waals surface area contributed by atoms with Crippen molar-refractivity contribution in [2.45, 2.75) is 6.18 Å². The van der Waals surface area contributed by atoms with Crippen LogP contribution >= 0.6 is 11.3 Å². The number of nitrogens with zero attached hydrogens (tertiary/aromatic N) is 2. The largest absolute Gasteiger partial charge is 0.434 e. The van der Waals surface area contributed by atoms with Gasteiger partial charge >= 0.3 is 6.18 Å². The maximum Gasteiger partial charge on any atom is 0.434 e. The smallest absolute Gasteiger partial charge is 0.320 e. The third kappa shape index (κ3) is 2.78. The zero-order valence-electron chi connectivity index (χ0n) is 9.73. The molecule has 20 heavy (non-hydrogen) atoms. The Morgan fingerprint density at radius 1 is 1.35 bits per heavy atom. The molecule has 0 atom stereocenters. The number of hydrogen-bond donors (Lipinski definition) is 1. The first kappa shape index (κ1) is 14.0. The van der Waals surface area contributed by atoms with Gasteiger partial charge in [0.15, 0.2) is 5.69 Å². The molecule has 0 bridgehead atoms. The van der Waals surface area contributed by atoms with Gasteiger partial charge in [-0.05, 0) is 12.1 Å². The first-order valence-corrected chi connectivity index (χ1v) is 6.12. The van der Waals surface area contributed by atoms with Crippen molar-refractivity contribution in [3.05, 3.63) is 45.9 Å². The predicted octanol–water partition coefficient (Wildman–Crippen LogP) is 3.29. The molecule has 0 saturated heterocycles. The second-order valence-electron chi connectivity index (χ2n) is 3.64. The van der Waals surface area contributed by atoms with Gasteiger partial charge < -0.3 is 5.32 Å². The van der Waals surface area contributed by atoms with Crippen LogP contribution in [0.5, 0.6) is 0 Å². The molecule has 1 amide bonds. The van der Waals surface area contributed by atoms with Crippen molar-refractivity contribution in [3.63, 3.8) is 0 Å². The molecule has 1 heterocycles. The Labute approximate surface area is 115 Å². The van der Waals surface area contributed by atoms with Crippen molar-refractivity contribution in [3.8, 4) is 6.07 Å². The summed E-state index contributed by atoms with van der Waals surface area (Å²) in [5, 5.41) is 11.1. The summed E-state index contributed by atoms with van der Waals surface area (Å²) in [5.74, 6) is -0.942. The van der Waals surface area contributed by atoms with Gasteiger partial charge in [0.2, 0.25) is 0 Å². The number of amides is 1. The summed E-state index contributed by atoms with van der Waals surface area (Å²) in [5.41, 5.74) is 0.0448. The highest BCUT2D eigenvalue weighted by molar-refractivity contribution is 7.12. The zero-order valence-corrected chi connectivity index (χ0v) is 10.5. The summed E-state index contributed by atoms with van der Waals surface area (Å²) in [6, 6.07) is 7.88. The lowest BCUT2D eigenvalue weighted by atomic mass is 10.2. The molecule has 1 aromatic carbocycles. The topological polar surface area (TPSA) is 65.8 Å². The molecule has 0 aliphatic heterocycles. The van der Waals surface area contributed by atoms with Gasteiger partial charge in [0.05, 0.1) is 16.8 Å². The van der Waals surface area contributed by atoms with Gasteiger partial charge in [-0.1, -0.05) is 12.1 Å². The Bertz CT molecular complexity index is 688. The van der Waals surface area contributed by atoms with Gasteiger partial charge in [0, 0.05) is 0 Å². The summed E-state index contributed by atoms with van der Waals surface area (Å²) < 4.78 is 37.9. The highest BCUT2D eigenvalue weighted by Gasteiger charge is 2.38. The normalized spacial score (nSPS) is 10.9. The lowest BCUT2D eigenvalue weighted by Gasteiger charge is -2.08. The Kier molecular flexibility index (Phi) is 3.72. The third-order valence-corrected chi connectivity index (χ3v) is 3.16. The van der Waals surface area contributed by atoms with Crippen molar-refractivity contribution in [2.24, 2.45) is 0 Å². The summed E-state index contributed by atoms with van der Waals surface area (Å²) in [4.78, 5) is 14.5. The molecular weight excluding hydrogens is 291 g/mol. The molecular formula is C12H6F3N3OS. The molecule has 2 rings (SSSR count). The number of para-hydroxylation sites is 1. The van der Waals surface area contributed by atoms with Crippen LogP contribution in [0, 0.1) is 11.3 Å². The van der Waals surface area contributed by atoms with E-state index in [4.69, 9.17) is 5.26 Å². The Morgan fingerprint density at radius 2 is 2.05 bits per heavy atom. The van der Waals surface area contributed by atoms with Gasteiger partial charge in [-0.15, -0.1) is 11.3 Å². The molecule has 0 unspecified atom stereocenters. The van der Waals surface area contributed by atoms with Crippen LogP contribution in [0.1, 0.15) is 20.9 Å². The second-order valence-corrected chi connectivity index (χ2v) is 4.49. The number of alkyl halides is 3. The molecule has 2 aromatic rings. The number of aromatic nitrogens is 1. The first-order valence-electron chi connectivity index (χ1n) is 5.24. The number of nitrogens with one attached hydrogen (secondary N) is 1. The fourth-order valence-electron chi connectivity index (χ4n) is 1.48. The van der Waals surface area contributed by atoms with E-state index in [0.717, 1.165) is 5.51 Å². The average Bonchev–Trinajstić information content (AvgIpc) is 2.88. The number of carbonyl (C=O) groups is 1. The van der Waals surface area contributed by atoms with Crippen LogP contribution in [0.4, 0.5) is 18.9 Å². The van der Waals surface area contributed by atoms with E-state index in [0.29, 0.717) is 11.3 Å². The minimum Gasteiger partial charge on any atom is -0.320 e. The molecule has 0 fully saturated rings. The summed E-state index contributed by atoms with van der Waals surface area (Å²) in [6.07, 6.45) is -4.69. The maximum absolute atomic E-state index is 12.6. The highest BCUT2D eigenvalue weighted by Crippen LogP contribution is 2.33. The number of thiazole rings is 1. The third-order valence-electron chi connectivity index (χ3n) is 2.34. The van der Waals surface area contributed by atoms with E-state index in [1.54, 1.807) is 12.1 Å². The zero-order chi connectivity index (χ0) is 14.8. The fourth-order valence-corrected chi connectivity index (χ4v) is 2.18. The number of anilines is 1. The number of hydrogen-bond acceptors (Lipinski definition) is 4.